The lowest BCUT2D eigenvalue weighted by Crippen LogP contribution is -2.54. The molecule has 0 aliphatic heterocycles. The molecule has 0 radical (unpaired) electrons. The Morgan fingerprint density at radius 2 is 1.79 bits per heavy atom. The number of aromatic amines is 1. The number of hydrogen-bond donors (Lipinski definition) is 7. The number of aliphatic carboxylic acids is 1. The molecule has 180 valence electrons. The maximum Gasteiger partial charge on any atom is 0.327 e. The van der Waals surface area contributed by atoms with Crippen molar-refractivity contribution in [3.05, 3.63) is 36.0 Å². The van der Waals surface area contributed by atoms with Crippen molar-refractivity contribution in [3.8, 4) is 0 Å². The molecular formula is C22H31N5O5S. The zero-order valence-corrected chi connectivity index (χ0v) is 19.5. The summed E-state index contributed by atoms with van der Waals surface area (Å²) in [5.74, 6) is -2.86. The van der Waals surface area contributed by atoms with Gasteiger partial charge in [-0.05, 0) is 24.0 Å². The number of para-hydroxylation sites is 1. The summed E-state index contributed by atoms with van der Waals surface area (Å²) in [5.41, 5.74) is 7.46. The van der Waals surface area contributed by atoms with Gasteiger partial charge < -0.3 is 31.8 Å². The number of rotatable bonds is 12. The van der Waals surface area contributed by atoms with Crippen LogP contribution in [0.4, 0.5) is 0 Å². The first kappa shape index (κ1) is 26.2. The van der Waals surface area contributed by atoms with Crippen LogP contribution in [-0.2, 0) is 25.6 Å². The second-order valence-electron chi connectivity index (χ2n) is 8.22. The van der Waals surface area contributed by atoms with Crippen LogP contribution in [-0.4, -0.2) is 64.2 Å². The zero-order valence-electron chi connectivity index (χ0n) is 18.6. The number of benzene rings is 1. The van der Waals surface area contributed by atoms with Gasteiger partial charge in [-0.1, -0.05) is 32.0 Å². The first-order valence-electron chi connectivity index (χ1n) is 10.6. The number of amides is 3. The Labute approximate surface area is 197 Å². The maximum atomic E-state index is 12.8. The minimum Gasteiger partial charge on any atom is -0.480 e. The Bertz CT molecular complexity index is 992. The van der Waals surface area contributed by atoms with Crippen LogP contribution in [0.25, 0.3) is 10.9 Å². The van der Waals surface area contributed by atoms with Crippen LogP contribution < -0.4 is 21.7 Å². The van der Waals surface area contributed by atoms with Crippen LogP contribution in [0.1, 0.15) is 25.8 Å². The minimum atomic E-state index is -1.23. The van der Waals surface area contributed by atoms with Crippen molar-refractivity contribution in [1.29, 1.82) is 0 Å². The van der Waals surface area contributed by atoms with E-state index in [1.165, 1.54) is 0 Å². The fourth-order valence-electron chi connectivity index (χ4n) is 3.35. The smallest absolute Gasteiger partial charge is 0.327 e. The molecule has 11 heteroatoms. The lowest BCUT2D eigenvalue weighted by Gasteiger charge is -2.21. The first-order valence-corrected chi connectivity index (χ1v) is 11.3. The number of thiol groups is 1. The molecule has 0 spiro atoms. The fourth-order valence-corrected chi connectivity index (χ4v) is 3.59. The van der Waals surface area contributed by atoms with E-state index < -0.39 is 41.8 Å². The molecule has 2 aromatic rings. The summed E-state index contributed by atoms with van der Waals surface area (Å²) >= 11 is 3.96. The van der Waals surface area contributed by atoms with Crippen molar-refractivity contribution >= 4 is 47.2 Å². The molecule has 7 N–H and O–H groups in total. The summed E-state index contributed by atoms with van der Waals surface area (Å²) in [6, 6.07) is 4.45. The lowest BCUT2D eigenvalue weighted by atomic mass is 10.0. The number of carbonyl (C=O) groups excluding carboxylic acids is 3. The van der Waals surface area contributed by atoms with Crippen molar-refractivity contribution in [2.24, 2.45) is 11.7 Å². The maximum absolute atomic E-state index is 12.8. The van der Waals surface area contributed by atoms with Gasteiger partial charge in [0.15, 0.2) is 0 Å². The number of carboxylic acid groups (broad SMARTS) is 1. The van der Waals surface area contributed by atoms with E-state index in [0.717, 1.165) is 16.5 Å². The molecule has 0 saturated heterocycles. The highest BCUT2D eigenvalue weighted by Crippen LogP contribution is 2.19. The number of carbonyl (C=O) groups is 4. The highest BCUT2D eigenvalue weighted by molar-refractivity contribution is 7.80. The van der Waals surface area contributed by atoms with Crippen LogP contribution >= 0.6 is 12.6 Å². The van der Waals surface area contributed by atoms with Crippen molar-refractivity contribution in [2.75, 3.05) is 12.3 Å². The Morgan fingerprint density at radius 3 is 2.42 bits per heavy atom. The molecule has 10 nitrogen and oxygen atoms in total. The largest absolute Gasteiger partial charge is 0.480 e. The Morgan fingerprint density at radius 1 is 1.09 bits per heavy atom. The highest BCUT2D eigenvalue weighted by Gasteiger charge is 2.27. The SMILES string of the molecule is CC(C)CC(N)C(=O)NCC(=O)NC(Cc1c[nH]c2ccccc12)C(=O)NC(CS)C(=O)O. The third-order valence-electron chi connectivity index (χ3n) is 5.03. The number of hydrogen-bond acceptors (Lipinski definition) is 6. The predicted octanol–water partition coefficient (Wildman–Crippen LogP) is 0.184. The van der Waals surface area contributed by atoms with Gasteiger partial charge in [0, 0.05) is 29.3 Å². The van der Waals surface area contributed by atoms with Gasteiger partial charge in [0.1, 0.15) is 12.1 Å². The van der Waals surface area contributed by atoms with Gasteiger partial charge in [-0.3, -0.25) is 14.4 Å². The van der Waals surface area contributed by atoms with Crippen LogP contribution in [0.5, 0.6) is 0 Å². The molecule has 3 unspecified atom stereocenters. The van der Waals surface area contributed by atoms with Gasteiger partial charge in [0.05, 0.1) is 12.6 Å². The molecule has 2 rings (SSSR count). The van der Waals surface area contributed by atoms with Crippen molar-refractivity contribution < 1.29 is 24.3 Å². The van der Waals surface area contributed by atoms with Gasteiger partial charge in [0.2, 0.25) is 17.7 Å². The van der Waals surface area contributed by atoms with E-state index in [1.54, 1.807) is 6.20 Å². The molecule has 0 bridgehead atoms. The van der Waals surface area contributed by atoms with Crippen LogP contribution in [0.2, 0.25) is 0 Å². The Balaban J connectivity index is 2.11. The van der Waals surface area contributed by atoms with Gasteiger partial charge in [-0.25, -0.2) is 4.79 Å². The Kier molecular flexibility index (Phi) is 9.74. The predicted molar refractivity (Wildman–Crippen MR) is 128 cm³/mol. The van der Waals surface area contributed by atoms with Gasteiger partial charge in [-0.15, -0.1) is 0 Å². The normalized spacial score (nSPS) is 13.8. The number of fused-ring (bicyclic) bond motifs is 1. The van der Waals surface area contributed by atoms with E-state index in [4.69, 9.17) is 5.73 Å². The van der Waals surface area contributed by atoms with E-state index in [1.807, 2.05) is 38.1 Å². The van der Waals surface area contributed by atoms with E-state index in [2.05, 4.69) is 33.6 Å². The van der Waals surface area contributed by atoms with E-state index >= 15 is 0 Å². The molecule has 1 aromatic carbocycles. The fraction of sp³-hybridized carbons (Fsp3) is 0.455. The topological polar surface area (TPSA) is 166 Å². The molecule has 0 aliphatic carbocycles. The quantitative estimate of drug-likeness (QED) is 0.215. The van der Waals surface area contributed by atoms with E-state index in [9.17, 15) is 24.3 Å². The molecule has 1 heterocycles. The van der Waals surface area contributed by atoms with Gasteiger partial charge in [0.25, 0.3) is 0 Å². The molecule has 3 atom stereocenters. The molecule has 1 aromatic heterocycles. The van der Waals surface area contributed by atoms with Crippen molar-refractivity contribution in [3.63, 3.8) is 0 Å². The average molecular weight is 478 g/mol. The number of aromatic nitrogens is 1. The number of carboxylic acids is 1. The third kappa shape index (κ3) is 7.79. The number of nitrogens with two attached hydrogens (primary N) is 1. The minimum absolute atomic E-state index is 0.112. The van der Waals surface area contributed by atoms with E-state index in [0.29, 0.717) is 6.42 Å². The summed E-state index contributed by atoms with van der Waals surface area (Å²) in [5, 5.41) is 17.5. The Hall–Kier alpha value is -3.05. The summed E-state index contributed by atoms with van der Waals surface area (Å²) < 4.78 is 0. The second kappa shape index (κ2) is 12.3. The van der Waals surface area contributed by atoms with Gasteiger partial charge in [-0.2, -0.15) is 12.6 Å². The molecule has 0 aliphatic rings. The monoisotopic (exact) mass is 477 g/mol. The van der Waals surface area contributed by atoms with Crippen molar-refractivity contribution in [1.82, 2.24) is 20.9 Å². The summed E-state index contributed by atoms with van der Waals surface area (Å²) in [7, 11) is 0. The molecule has 0 saturated carbocycles. The number of H-pyrrole nitrogens is 1. The average Bonchev–Trinajstić information content (AvgIpc) is 3.17. The van der Waals surface area contributed by atoms with Crippen LogP contribution in [0.3, 0.4) is 0 Å². The summed E-state index contributed by atoms with van der Waals surface area (Å²) in [4.78, 5) is 51.8. The zero-order chi connectivity index (χ0) is 24.5. The standard InChI is InChI=1S/C22H31N5O5S/c1-12(2)7-15(23)20(29)25-10-19(28)26-17(21(30)27-18(11-33)22(31)32)8-13-9-24-16-6-4-3-5-14(13)16/h3-6,9,12,15,17-18,24,33H,7-8,10-11,23H2,1-2H3,(H,25,29)(H,26,28)(H,27,30)(H,31,32). The highest BCUT2D eigenvalue weighted by atomic mass is 32.1. The molecule has 33 heavy (non-hydrogen) atoms. The van der Waals surface area contributed by atoms with Crippen LogP contribution in [0, 0.1) is 5.92 Å². The molecule has 3 amide bonds. The molecular weight excluding hydrogens is 446 g/mol. The molecule has 0 fully saturated rings. The van der Waals surface area contributed by atoms with E-state index in [-0.39, 0.29) is 24.6 Å². The number of nitrogens with one attached hydrogen (secondary N) is 4. The van der Waals surface area contributed by atoms with Crippen molar-refractivity contribution in [2.45, 2.75) is 44.8 Å². The summed E-state index contributed by atoms with van der Waals surface area (Å²) in [6.07, 6.45) is 2.32. The summed E-state index contributed by atoms with van der Waals surface area (Å²) in [6.45, 7) is 3.50. The van der Waals surface area contributed by atoms with Crippen LogP contribution in [0.15, 0.2) is 30.5 Å². The first-order chi connectivity index (χ1) is 15.6. The second-order valence-corrected chi connectivity index (χ2v) is 8.58. The lowest BCUT2D eigenvalue weighted by molar-refractivity contribution is -0.141. The van der Waals surface area contributed by atoms with Gasteiger partial charge >= 0.3 is 5.97 Å². The third-order valence-corrected chi connectivity index (χ3v) is 5.40.